The van der Waals surface area contributed by atoms with E-state index in [0.29, 0.717) is 0 Å². The van der Waals surface area contributed by atoms with Gasteiger partial charge in [0, 0.05) is 26.9 Å². The first-order chi connectivity index (χ1) is 10.2. The highest BCUT2D eigenvalue weighted by Crippen LogP contribution is 2.13. The van der Waals surface area contributed by atoms with Crippen molar-refractivity contribution in [3.8, 4) is 0 Å². The van der Waals surface area contributed by atoms with Gasteiger partial charge in [0.1, 0.15) is 16.6 Å². The highest BCUT2D eigenvalue weighted by molar-refractivity contribution is 7.89. The minimum absolute atomic E-state index is 0.0114. The molecule has 1 aromatic heterocycles. The molecule has 3 N–H and O–H groups in total. The van der Waals surface area contributed by atoms with Crippen LogP contribution >= 0.6 is 0 Å². The summed E-state index contributed by atoms with van der Waals surface area (Å²) in [5.74, 6) is -1.77. The molecule has 0 aliphatic carbocycles. The predicted molar refractivity (Wildman–Crippen MR) is 77.0 cm³/mol. The number of sulfonamides is 1. The average molecular weight is 333 g/mol. The van der Waals surface area contributed by atoms with Crippen molar-refractivity contribution in [2.75, 3.05) is 27.3 Å². The van der Waals surface area contributed by atoms with Gasteiger partial charge in [-0.2, -0.15) is 0 Å². The fraction of sp³-hybridized carbons (Fsp3) is 0.500. The van der Waals surface area contributed by atoms with Crippen LogP contribution in [0.5, 0.6) is 0 Å². The summed E-state index contributed by atoms with van der Waals surface area (Å²) in [7, 11) is -0.984. The molecule has 0 fully saturated rings. The van der Waals surface area contributed by atoms with Crippen LogP contribution in [0.2, 0.25) is 0 Å². The van der Waals surface area contributed by atoms with Gasteiger partial charge in [0.25, 0.3) is 5.91 Å². The summed E-state index contributed by atoms with van der Waals surface area (Å²) in [6, 6.07) is 0.124. The van der Waals surface area contributed by atoms with Crippen LogP contribution in [0.1, 0.15) is 17.4 Å². The van der Waals surface area contributed by atoms with E-state index < -0.39 is 27.9 Å². The number of aromatic amines is 1. The van der Waals surface area contributed by atoms with Gasteiger partial charge in [0.2, 0.25) is 10.0 Å². The van der Waals surface area contributed by atoms with Crippen LogP contribution in [0.4, 0.5) is 0 Å². The summed E-state index contributed by atoms with van der Waals surface area (Å²) in [6.07, 6.45) is 1.17. The number of rotatable bonds is 8. The Morgan fingerprint density at radius 2 is 2.14 bits per heavy atom. The van der Waals surface area contributed by atoms with Crippen LogP contribution in [0.3, 0.4) is 0 Å². The number of carbonyl (C=O) groups excluding carboxylic acids is 1. The first kappa shape index (κ1) is 18.1. The van der Waals surface area contributed by atoms with Gasteiger partial charge in [-0.05, 0) is 13.0 Å². The lowest BCUT2D eigenvalue weighted by Crippen LogP contribution is -2.40. The number of likely N-dealkylation sites (N-methyl/N-ethyl adjacent to an activating group) is 1. The molecule has 9 nitrogen and oxygen atoms in total. The fourth-order valence-electron chi connectivity index (χ4n) is 1.55. The maximum atomic E-state index is 12.1. The van der Waals surface area contributed by atoms with E-state index in [0.717, 1.165) is 11.0 Å². The second-order valence-corrected chi connectivity index (χ2v) is 6.34. The number of amides is 1. The molecule has 124 valence electrons. The zero-order chi connectivity index (χ0) is 16.9. The first-order valence-electron chi connectivity index (χ1n) is 6.37. The van der Waals surface area contributed by atoms with Crippen LogP contribution in [0.15, 0.2) is 17.2 Å². The molecule has 0 spiro atoms. The van der Waals surface area contributed by atoms with Gasteiger partial charge in [-0.25, -0.2) is 17.9 Å². The summed E-state index contributed by atoms with van der Waals surface area (Å²) in [6.45, 7) is 1.67. The number of carboxylic acid groups (broad SMARTS) is 1. The molecule has 0 bridgehead atoms. The number of hydrogen-bond donors (Lipinski definition) is 3. The van der Waals surface area contributed by atoms with Gasteiger partial charge in [-0.3, -0.25) is 4.79 Å². The van der Waals surface area contributed by atoms with Crippen LogP contribution in [0, 0.1) is 0 Å². The topological polar surface area (TPSA) is 129 Å². The molecule has 0 aliphatic rings. The number of nitrogens with one attached hydrogen (secondary N) is 2. The number of aromatic nitrogens is 1. The van der Waals surface area contributed by atoms with Gasteiger partial charge < -0.3 is 19.7 Å². The number of hydrogen-bond acceptors (Lipinski definition) is 5. The number of carboxylic acids is 1. The second-order valence-electron chi connectivity index (χ2n) is 4.57. The number of nitrogens with zero attached hydrogens (tertiary/aromatic N) is 1. The Labute approximate surface area is 128 Å². The molecular formula is C12H19N3O6S. The molecule has 1 rings (SSSR count). The summed E-state index contributed by atoms with van der Waals surface area (Å²) < 4.78 is 31.0. The van der Waals surface area contributed by atoms with Gasteiger partial charge in [-0.15, -0.1) is 0 Å². The third kappa shape index (κ3) is 4.29. The molecule has 1 atom stereocenters. The lowest BCUT2D eigenvalue weighted by atomic mass is 10.2. The van der Waals surface area contributed by atoms with Crippen molar-refractivity contribution in [1.29, 1.82) is 0 Å². The van der Waals surface area contributed by atoms with Crippen molar-refractivity contribution in [3.63, 3.8) is 0 Å². The van der Waals surface area contributed by atoms with Gasteiger partial charge in [0.05, 0.1) is 6.61 Å². The lowest BCUT2D eigenvalue weighted by Gasteiger charge is -2.20. The molecule has 0 radical (unpaired) electrons. The molecular weight excluding hydrogens is 314 g/mol. The van der Waals surface area contributed by atoms with E-state index in [4.69, 9.17) is 9.84 Å². The molecule has 22 heavy (non-hydrogen) atoms. The molecule has 1 unspecified atom stereocenters. The zero-order valence-electron chi connectivity index (χ0n) is 12.5. The average Bonchev–Trinajstić information content (AvgIpc) is 2.95. The predicted octanol–water partition coefficient (Wildman–Crippen LogP) is -0.515. The Hall–Kier alpha value is -1.91. The number of carbonyl (C=O) groups is 2. The molecule has 0 aromatic carbocycles. The monoisotopic (exact) mass is 333 g/mol. The van der Waals surface area contributed by atoms with Crippen molar-refractivity contribution in [2.24, 2.45) is 0 Å². The van der Waals surface area contributed by atoms with Crippen molar-refractivity contribution in [1.82, 2.24) is 14.6 Å². The fourth-order valence-corrected chi connectivity index (χ4v) is 2.55. The number of H-pyrrole nitrogens is 1. The lowest BCUT2D eigenvalue weighted by molar-refractivity contribution is -0.141. The van der Waals surface area contributed by atoms with E-state index >= 15 is 0 Å². The summed E-state index contributed by atoms with van der Waals surface area (Å²) in [5, 5.41) is 8.88. The molecule has 0 saturated carbocycles. The van der Waals surface area contributed by atoms with Gasteiger partial charge in [-0.1, -0.05) is 0 Å². The van der Waals surface area contributed by atoms with E-state index in [2.05, 4.69) is 9.71 Å². The molecule has 0 saturated heterocycles. The Morgan fingerprint density at radius 1 is 1.50 bits per heavy atom. The maximum Gasteiger partial charge on any atom is 0.326 e. The van der Waals surface area contributed by atoms with Crippen molar-refractivity contribution >= 4 is 21.9 Å². The SMILES string of the molecule is COCCNS(=O)(=O)c1c[nH]c(C(=O)N(C)C(C)C(=O)O)c1. The quantitative estimate of drug-likeness (QED) is 0.549. The highest BCUT2D eigenvalue weighted by Gasteiger charge is 2.25. The molecule has 10 heteroatoms. The Bertz CT molecular complexity index is 639. The zero-order valence-corrected chi connectivity index (χ0v) is 13.3. The Kier molecular flexibility index (Phi) is 6.09. The first-order valence-corrected chi connectivity index (χ1v) is 7.86. The normalized spacial score (nSPS) is 12.9. The second kappa shape index (κ2) is 7.38. The summed E-state index contributed by atoms with van der Waals surface area (Å²) in [5.41, 5.74) is -0.0114. The van der Waals surface area contributed by atoms with Crippen molar-refractivity contribution < 1.29 is 27.9 Å². The van der Waals surface area contributed by atoms with Crippen LogP contribution in [0.25, 0.3) is 0 Å². The minimum atomic E-state index is -3.76. The number of aliphatic carboxylic acids is 1. The summed E-state index contributed by atoms with van der Waals surface area (Å²) >= 11 is 0. The van der Waals surface area contributed by atoms with Crippen molar-refractivity contribution in [3.05, 3.63) is 18.0 Å². The molecule has 1 heterocycles. The van der Waals surface area contributed by atoms with E-state index in [9.17, 15) is 18.0 Å². The number of methoxy groups -OCH3 is 1. The minimum Gasteiger partial charge on any atom is -0.480 e. The van der Waals surface area contributed by atoms with Crippen molar-refractivity contribution in [2.45, 2.75) is 17.9 Å². The molecule has 1 amide bonds. The highest BCUT2D eigenvalue weighted by atomic mass is 32.2. The van der Waals surface area contributed by atoms with E-state index in [-0.39, 0.29) is 23.7 Å². The summed E-state index contributed by atoms with van der Waals surface area (Å²) in [4.78, 5) is 26.4. The molecule has 1 aromatic rings. The van der Waals surface area contributed by atoms with Gasteiger partial charge >= 0.3 is 5.97 Å². The van der Waals surface area contributed by atoms with Gasteiger partial charge in [0.15, 0.2) is 0 Å². The number of ether oxygens (including phenoxy) is 1. The standard InChI is InChI=1S/C12H19N3O6S/c1-8(12(17)18)15(2)11(16)10-6-9(7-13-10)22(19,20)14-4-5-21-3/h6-8,13-14H,4-5H2,1-3H3,(H,17,18). The third-order valence-corrected chi connectivity index (χ3v) is 4.49. The Morgan fingerprint density at radius 3 is 2.68 bits per heavy atom. The van der Waals surface area contributed by atoms with E-state index in [1.807, 2.05) is 0 Å². The van der Waals surface area contributed by atoms with Crippen LogP contribution in [-0.4, -0.2) is 68.6 Å². The van der Waals surface area contributed by atoms with Crippen LogP contribution < -0.4 is 4.72 Å². The van der Waals surface area contributed by atoms with Crippen LogP contribution in [-0.2, 0) is 19.6 Å². The molecule has 0 aliphatic heterocycles. The van der Waals surface area contributed by atoms with E-state index in [1.165, 1.54) is 27.3 Å². The largest absolute Gasteiger partial charge is 0.480 e. The smallest absolute Gasteiger partial charge is 0.326 e. The Balaban J connectivity index is 2.87. The maximum absolute atomic E-state index is 12.1. The third-order valence-electron chi connectivity index (χ3n) is 3.05. The van der Waals surface area contributed by atoms with E-state index in [1.54, 1.807) is 0 Å².